The van der Waals surface area contributed by atoms with E-state index in [1.165, 1.54) is 0 Å². The van der Waals surface area contributed by atoms with Crippen LogP contribution in [0.5, 0.6) is 0 Å². The number of amides is 3. The Bertz CT molecular complexity index is 727. The van der Waals surface area contributed by atoms with Gasteiger partial charge in [0.25, 0.3) is 5.91 Å². The van der Waals surface area contributed by atoms with Crippen molar-refractivity contribution in [2.45, 2.75) is 39.2 Å². The molecule has 8 nitrogen and oxygen atoms in total. The molecule has 1 aliphatic heterocycles. The monoisotopic (exact) mass is 390 g/mol. The van der Waals surface area contributed by atoms with Crippen LogP contribution in [0.15, 0.2) is 24.3 Å². The third kappa shape index (κ3) is 6.14. The summed E-state index contributed by atoms with van der Waals surface area (Å²) in [5, 5.41) is 0. The van der Waals surface area contributed by atoms with E-state index in [2.05, 4.69) is 10.9 Å². The Balaban J connectivity index is 1.89. The number of carbonyl (C=O) groups is 3. The van der Waals surface area contributed by atoms with E-state index in [0.29, 0.717) is 24.9 Å². The predicted molar refractivity (Wildman–Crippen MR) is 107 cm³/mol. The van der Waals surface area contributed by atoms with Crippen LogP contribution in [0.25, 0.3) is 0 Å². The number of anilines is 1. The zero-order chi connectivity index (χ0) is 20.9. The average Bonchev–Trinajstić information content (AvgIpc) is 2.64. The molecule has 1 aromatic rings. The van der Waals surface area contributed by atoms with Crippen LogP contribution in [0.4, 0.5) is 10.5 Å². The molecule has 1 fully saturated rings. The molecule has 0 bridgehead atoms. The molecule has 28 heavy (non-hydrogen) atoms. The van der Waals surface area contributed by atoms with Crippen LogP contribution >= 0.6 is 0 Å². The number of likely N-dealkylation sites (tertiary alicyclic amines) is 1. The number of hydrogen-bond acceptors (Lipinski definition) is 5. The largest absolute Gasteiger partial charge is 0.444 e. The number of nitrogens with one attached hydrogen (secondary N) is 2. The molecule has 0 saturated carbocycles. The molecule has 0 radical (unpaired) electrons. The second kappa shape index (κ2) is 8.95. The Kier molecular flexibility index (Phi) is 6.88. The lowest BCUT2D eigenvalue weighted by molar-refractivity contribution is -0.127. The summed E-state index contributed by atoms with van der Waals surface area (Å²) in [6.45, 7) is 6.24. The predicted octanol–water partition coefficient (Wildman–Crippen LogP) is 2.16. The van der Waals surface area contributed by atoms with Crippen LogP contribution in [0, 0.1) is 5.92 Å². The fraction of sp³-hybridized carbons (Fsp3) is 0.550. The third-order valence-electron chi connectivity index (χ3n) is 4.37. The average molecular weight is 390 g/mol. The second-order valence-corrected chi connectivity index (χ2v) is 8.15. The quantitative estimate of drug-likeness (QED) is 0.772. The Labute approximate surface area is 166 Å². The van der Waals surface area contributed by atoms with Crippen LogP contribution in [0.2, 0.25) is 0 Å². The molecule has 3 amide bonds. The van der Waals surface area contributed by atoms with Crippen LogP contribution in [-0.4, -0.2) is 55.6 Å². The SMILES string of the molecule is CN(C)c1cccc(C(=O)NNC(=O)C2CCCN(C(=O)OC(C)(C)C)C2)c1. The van der Waals surface area contributed by atoms with Crippen molar-refractivity contribution in [1.29, 1.82) is 0 Å². The second-order valence-electron chi connectivity index (χ2n) is 8.15. The number of ether oxygens (including phenoxy) is 1. The van der Waals surface area contributed by atoms with Crippen molar-refractivity contribution < 1.29 is 19.1 Å². The number of hydrogen-bond donors (Lipinski definition) is 2. The Hall–Kier alpha value is -2.77. The number of hydrazine groups is 1. The first kappa shape index (κ1) is 21.5. The summed E-state index contributed by atoms with van der Waals surface area (Å²) < 4.78 is 5.37. The van der Waals surface area contributed by atoms with E-state index in [9.17, 15) is 14.4 Å². The minimum absolute atomic E-state index is 0.271. The topological polar surface area (TPSA) is 91.0 Å². The van der Waals surface area contributed by atoms with Gasteiger partial charge in [-0.05, 0) is 51.8 Å². The summed E-state index contributed by atoms with van der Waals surface area (Å²) in [4.78, 5) is 40.4. The standard InChI is InChI=1S/C20H30N4O4/c1-20(2,3)28-19(27)24-11-7-9-15(13-24)18(26)22-21-17(25)14-8-6-10-16(12-14)23(4)5/h6,8,10,12,15H,7,9,11,13H2,1-5H3,(H,21,25)(H,22,26). The number of rotatable bonds is 3. The van der Waals surface area contributed by atoms with Gasteiger partial charge in [0.2, 0.25) is 5.91 Å². The Morgan fingerprint density at radius 2 is 1.89 bits per heavy atom. The van der Waals surface area contributed by atoms with Crippen LogP contribution in [-0.2, 0) is 9.53 Å². The van der Waals surface area contributed by atoms with Crippen molar-refractivity contribution in [3.8, 4) is 0 Å². The number of nitrogens with zero attached hydrogens (tertiary/aromatic N) is 2. The summed E-state index contributed by atoms with van der Waals surface area (Å²) in [7, 11) is 3.77. The van der Waals surface area contributed by atoms with Crippen molar-refractivity contribution in [2.24, 2.45) is 5.92 Å². The highest BCUT2D eigenvalue weighted by Crippen LogP contribution is 2.19. The molecular formula is C20H30N4O4. The third-order valence-corrected chi connectivity index (χ3v) is 4.37. The van der Waals surface area contributed by atoms with E-state index >= 15 is 0 Å². The van der Waals surface area contributed by atoms with Crippen LogP contribution in [0.1, 0.15) is 44.0 Å². The molecule has 1 heterocycles. The van der Waals surface area contributed by atoms with Gasteiger partial charge >= 0.3 is 6.09 Å². The summed E-state index contributed by atoms with van der Waals surface area (Å²) in [5.41, 5.74) is 5.68. The van der Waals surface area contributed by atoms with Gasteiger partial charge in [-0.2, -0.15) is 0 Å². The van der Waals surface area contributed by atoms with Gasteiger partial charge in [-0.25, -0.2) is 4.79 Å². The fourth-order valence-corrected chi connectivity index (χ4v) is 2.90. The summed E-state index contributed by atoms with van der Waals surface area (Å²) in [6, 6.07) is 7.10. The highest BCUT2D eigenvalue weighted by Gasteiger charge is 2.31. The minimum Gasteiger partial charge on any atom is -0.444 e. The van der Waals surface area contributed by atoms with Gasteiger partial charge in [0.15, 0.2) is 0 Å². The van der Waals surface area contributed by atoms with E-state index < -0.39 is 23.5 Å². The molecule has 2 N–H and O–H groups in total. The molecular weight excluding hydrogens is 360 g/mol. The molecule has 1 saturated heterocycles. The van der Waals surface area contributed by atoms with Crippen molar-refractivity contribution in [2.75, 3.05) is 32.1 Å². The molecule has 0 aliphatic carbocycles. The number of carbonyl (C=O) groups excluding carboxylic acids is 3. The lowest BCUT2D eigenvalue weighted by Gasteiger charge is -2.33. The molecule has 1 aromatic carbocycles. The van der Waals surface area contributed by atoms with Gasteiger partial charge in [0.1, 0.15) is 5.60 Å². The van der Waals surface area contributed by atoms with Gasteiger partial charge in [-0.3, -0.25) is 20.4 Å². The minimum atomic E-state index is -0.582. The highest BCUT2D eigenvalue weighted by atomic mass is 16.6. The maximum atomic E-state index is 12.4. The first-order valence-electron chi connectivity index (χ1n) is 9.42. The maximum absolute atomic E-state index is 12.4. The van der Waals surface area contributed by atoms with Gasteiger partial charge < -0.3 is 14.5 Å². The molecule has 1 unspecified atom stereocenters. The number of benzene rings is 1. The number of piperidine rings is 1. The van der Waals surface area contributed by atoms with E-state index in [4.69, 9.17) is 4.74 Å². The summed E-state index contributed by atoms with van der Waals surface area (Å²) >= 11 is 0. The molecule has 8 heteroatoms. The molecule has 1 aliphatic rings. The van der Waals surface area contributed by atoms with E-state index in [1.807, 2.05) is 25.1 Å². The first-order valence-corrected chi connectivity index (χ1v) is 9.42. The van der Waals surface area contributed by atoms with Crippen molar-refractivity contribution in [3.63, 3.8) is 0 Å². The normalized spacial score (nSPS) is 16.9. The van der Waals surface area contributed by atoms with Crippen molar-refractivity contribution in [1.82, 2.24) is 15.8 Å². The fourth-order valence-electron chi connectivity index (χ4n) is 2.90. The van der Waals surface area contributed by atoms with Crippen molar-refractivity contribution in [3.05, 3.63) is 29.8 Å². The molecule has 0 aromatic heterocycles. The molecule has 0 spiro atoms. The van der Waals surface area contributed by atoms with Gasteiger partial charge in [-0.1, -0.05) is 6.07 Å². The zero-order valence-electron chi connectivity index (χ0n) is 17.2. The highest BCUT2D eigenvalue weighted by molar-refractivity contribution is 5.96. The van der Waals surface area contributed by atoms with Gasteiger partial charge in [0, 0.05) is 38.4 Å². The van der Waals surface area contributed by atoms with Crippen LogP contribution < -0.4 is 15.8 Å². The maximum Gasteiger partial charge on any atom is 0.410 e. The Morgan fingerprint density at radius 1 is 1.18 bits per heavy atom. The molecule has 1 atom stereocenters. The summed E-state index contributed by atoms with van der Waals surface area (Å²) in [6.07, 6.45) is 0.933. The van der Waals surface area contributed by atoms with Crippen molar-refractivity contribution >= 4 is 23.6 Å². The lowest BCUT2D eigenvalue weighted by Crippen LogP contribution is -2.50. The van der Waals surface area contributed by atoms with Gasteiger partial charge in [-0.15, -0.1) is 0 Å². The van der Waals surface area contributed by atoms with Gasteiger partial charge in [0.05, 0.1) is 5.92 Å². The van der Waals surface area contributed by atoms with Crippen LogP contribution in [0.3, 0.4) is 0 Å². The van der Waals surface area contributed by atoms with E-state index in [1.54, 1.807) is 43.9 Å². The lowest BCUT2D eigenvalue weighted by atomic mass is 9.98. The summed E-state index contributed by atoms with van der Waals surface area (Å²) in [5.74, 6) is -1.10. The molecule has 154 valence electrons. The van der Waals surface area contributed by atoms with E-state index in [-0.39, 0.29) is 12.5 Å². The zero-order valence-corrected chi connectivity index (χ0v) is 17.2. The Morgan fingerprint density at radius 3 is 2.54 bits per heavy atom. The smallest absolute Gasteiger partial charge is 0.410 e. The first-order chi connectivity index (χ1) is 13.1. The molecule has 2 rings (SSSR count). The van der Waals surface area contributed by atoms with E-state index in [0.717, 1.165) is 5.69 Å².